The molecular formula is C15H25NO. The number of aryl methyl sites for hydroxylation is 3. The maximum Gasteiger partial charge on any atom is 0.0594 e. The summed E-state index contributed by atoms with van der Waals surface area (Å²) in [6, 6.07) is 4.49. The van der Waals surface area contributed by atoms with Gasteiger partial charge in [-0.15, -0.1) is 0 Å². The van der Waals surface area contributed by atoms with Gasteiger partial charge in [0.2, 0.25) is 0 Å². The molecule has 0 aromatic heterocycles. The van der Waals surface area contributed by atoms with Gasteiger partial charge in [0.15, 0.2) is 0 Å². The topological polar surface area (TPSA) is 21.3 Å². The van der Waals surface area contributed by atoms with Crippen molar-refractivity contribution in [2.45, 2.75) is 47.3 Å². The summed E-state index contributed by atoms with van der Waals surface area (Å²) in [7, 11) is 0. The maximum absolute atomic E-state index is 5.50. The summed E-state index contributed by atoms with van der Waals surface area (Å²) in [6.45, 7) is 13.3. The molecule has 1 aromatic carbocycles. The summed E-state index contributed by atoms with van der Waals surface area (Å²) in [5.41, 5.74) is 5.51. The minimum absolute atomic E-state index is 0.319. The third kappa shape index (κ3) is 4.88. The van der Waals surface area contributed by atoms with Crippen molar-refractivity contribution in [1.82, 2.24) is 5.32 Å². The number of ether oxygens (including phenoxy) is 1. The SMILES string of the molecule is Cc1cc(C)c(CNCCOC(C)C)c(C)c1. The maximum atomic E-state index is 5.50. The Morgan fingerprint density at radius 3 is 2.24 bits per heavy atom. The highest BCUT2D eigenvalue weighted by Crippen LogP contribution is 2.15. The van der Waals surface area contributed by atoms with Crippen molar-refractivity contribution in [3.63, 3.8) is 0 Å². The lowest BCUT2D eigenvalue weighted by Gasteiger charge is -2.13. The van der Waals surface area contributed by atoms with Crippen molar-refractivity contribution in [2.24, 2.45) is 0 Å². The normalized spacial score (nSPS) is 11.2. The molecule has 0 saturated carbocycles. The summed E-state index contributed by atoms with van der Waals surface area (Å²) in [5.74, 6) is 0. The molecule has 0 spiro atoms. The van der Waals surface area contributed by atoms with Crippen LogP contribution in [-0.2, 0) is 11.3 Å². The van der Waals surface area contributed by atoms with Crippen LogP contribution in [0.25, 0.3) is 0 Å². The molecule has 0 radical (unpaired) electrons. The Morgan fingerprint density at radius 2 is 1.71 bits per heavy atom. The zero-order chi connectivity index (χ0) is 12.8. The van der Waals surface area contributed by atoms with Gasteiger partial charge in [-0.05, 0) is 51.3 Å². The lowest BCUT2D eigenvalue weighted by atomic mass is 10.00. The highest BCUT2D eigenvalue weighted by atomic mass is 16.5. The zero-order valence-corrected chi connectivity index (χ0v) is 11.8. The fourth-order valence-corrected chi connectivity index (χ4v) is 2.07. The van der Waals surface area contributed by atoms with Crippen molar-refractivity contribution < 1.29 is 4.74 Å². The summed E-state index contributed by atoms with van der Waals surface area (Å²) >= 11 is 0. The molecule has 0 amide bonds. The lowest BCUT2D eigenvalue weighted by molar-refractivity contribution is 0.0807. The Balaban J connectivity index is 2.42. The summed E-state index contributed by atoms with van der Waals surface area (Å²) in [4.78, 5) is 0. The molecule has 96 valence electrons. The zero-order valence-electron chi connectivity index (χ0n) is 11.8. The predicted octanol–water partition coefficient (Wildman–Crippen LogP) is 3.13. The van der Waals surface area contributed by atoms with Crippen molar-refractivity contribution >= 4 is 0 Å². The standard InChI is InChI=1S/C15H25NO/c1-11(2)17-7-6-16-10-15-13(4)8-12(3)9-14(15)5/h8-9,11,16H,6-7,10H2,1-5H3. The first-order valence-corrected chi connectivity index (χ1v) is 6.39. The second-order valence-electron chi connectivity index (χ2n) is 4.97. The van der Waals surface area contributed by atoms with E-state index in [1.54, 1.807) is 0 Å². The smallest absolute Gasteiger partial charge is 0.0594 e. The van der Waals surface area contributed by atoms with E-state index in [1.165, 1.54) is 22.3 Å². The van der Waals surface area contributed by atoms with Crippen LogP contribution < -0.4 is 5.32 Å². The molecule has 0 bridgehead atoms. The molecule has 0 atom stereocenters. The van der Waals surface area contributed by atoms with Crippen LogP contribution in [-0.4, -0.2) is 19.3 Å². The van der Waals surface area contributed by atoms with Gasteiger partial charge in [0.1, 0.15) is 0 Å². The summed E-state index contributed by atoms with van der Waals surface area (Å²) < 4.78 is 5.50. The Labute approximate surface area is 105 Å². The average molecular weight is 235 g/mol. The third-order valence-electron chi connectivity index (χ3n) is 2.87. The quantitative estimate of drug-likeness (QED) is 0.765. The number of hydrogen-bond donors (Lipinski definition) is 1. The third-order valence-corrected chi connectivity index (χ3v) is 2.87. The molecule has 0 fully saturated rings. The van der Waals surface area contributed by atoms with E-state index in [-0.39, 0.29) is 0 Å². The van der Waals surface area contributed by atoms with Crippen LogP contribution in [0.3, 0.4) is 0 Å². The number of benzene rings is 1. The van der Waals surface area contributed by atoms with Crippen LogP contribution in [0.15, 0.2) is 12.1 Å². The highest BCUT2D eigenvalue weighted by Gasteiger charge is 2.03. The van der Waals surface area contributed by atoms with Crippen LogP contribution >= 0.6 is 0 Å². The van der Waals surface area contributed by atoms with E-state index < -0.39 is 0 Å². The van der Waals surface area contributed by atoms with E-state index in [2.05, 4.69) is 52.1 Å². The van der Waals surface area contributed by atoms with Crippen molar-refractivity contribution in [3.8, 4) is 0 Å². The average Bonchev–Trinajstić information content (AvgIpc) is 2.20. The second kappa shape index (κ2) is 6.77. The van der Waals surface area contributed by atoms with E-state index in [0.29, 0.717) is 6.10 Å². The van der Waals surface area contributed by atoms with Crippen molar-refractivity contribution in [2.75, 3.05) is 13.2 Å². The molecule has 0 aliphatic heterocycles. The van der Waals surface area contributed by atoms with Gasteiger partial charge in [-0.1, -0.05) is 17.7 Å². The van der Waals surface area contributed by atoms with Crippen molar-refractivity contribution in [3.05, 3.63) is 34.4 Å². The van der Waals surface area contributed by atoms with Crippen LogP contribution in [0, 0.1) is 20.8 Å². The van der Waals surface area contributed by atoms with Crippen LogP contribution in [0.5, 0.6) is 0 Å². The monoisotopic (exact) mass is 235 g/mol. The molecule has 0 unspecified atom stereocenters. The van der Waals surface area contributed by atoms with Gasteiger partial charge in [0.05, 0.1) is 12.7 Å². The Morgan fingerprint density at radius 1 is 1.12 bits per heavy atom. The first kappa shape index (κ1) is 14.2. The largest absolute Gasteiger partial charge is 0.377 e. The molecule has 0 aliphatic rings. The first-order valence-electron chi connectivity index (χ1n) is 6.39. The molecule has 2 heteroatoms. The molecule has 0 heterocycles. The molecule has 1 N–H and O–H groups in total. The van der Waals surface area contributed by atoms with Crippen molar-refractivity contribution in [1.29, 1.82) is 0 Å². The van der Waals surface area contributed by atoms with Crippen LogP contribution in [0.1, 0.15) is 36.1 Å². The Bertz CT molecular complexity index is 335. The molecule has 1 aromatic rings. The van der Waals surface area contributed by atoms with Crippen LogP contribution in [0.2, 0.25) is 0 Å². The highest BCUT2D eigenvalue weighted by molar-refractivity contribution is 5.37. The van der Waals surface area contributed by atoms with E-state index in [4.69, 9.17) is 4.74 Å². The summed E-state index contributed by atoms with van der Waals surface area (Å²) in [5, 5.41) is 3.43. The summed E-state index contributed by atoms with van der Waals surface area (Å²) in [6.07, 6.45) is 0.319. The number of rotatable bonds is 6. The van der Waals surface area contributed by atoms with Gasteiger partial charge in [-0.25, -0.2) is 0 Å². The van der Waals surface area contributed by atoms with Gasteiger partial charge in [-0.3, -0.25) is 0 Å². The fraction of sp³-hybridized carbons (Fsp3) is 0.600. The predicted molar refractivity (Wildman–Crippen MR) is 73.4 cm³/mol. The Hall–Kier alpha value is -0.860. The fourth-order valence-electron chi connectivity index (χ4n) is 2.07. The van der Waals surface area contributed by atoms with E-state index >= 15 is 0 Å². The van der Waals surface area contributed by atoms with Gasteiger partial charge in [0, 0.05) is 13.1 Å². The van der Waals surface area contributed by atoms with E-state index in [9.17, 15) is 0 Å². The van der Waals surface area contributed by atoms with E-state index in [0.717, 1.165) is 19.7 Å². The molecule has 0 aliphatic carbocycles. The minimum Gasteiger partial charge on any atom is -0.377 e. The Kier molecular flexibility index (Phi) is 5.66. The van der Waals surface area contributed by atoms with E-state index in [1.807, 2.05) is 0 Å². The molecule has 17 heavy (non-hydrogen) atoms. The van der Waals surface area contributed by atoms with Gasteiger partial charge in [0.25, 0.3) is 0 Å². The second-order valence-corrected chi connectivity index (χ2v) is 4.97. The number of hydrogen-bond acceptors (Lipinski definition) is 2. The first-order chi connectivity index (χ1) is 8.00. The minimum atomic E-state index is 0.319. The lowest BCUT2D eigenvalue weighted by Crippen LogP contribution is -2.21. The number of nitrogens with one attached hydrogen (secondary N) is 1. The van der Waals surface area contributed by atoms with Crippen LogP contribution in [0.4, 0.5) is 0 Å². The molecule has 2 nitrogen and oxygen atoms in total. The van der Waals surface area contributed by atoms with Gasteiger partial charge in [-0.2, -0.15) is 0 Å². The van der Waals surface area contributed by atoms with Gasteiger partial charge < -0.3 is 10.1 Å². The molecule has 0 saturated heterocycles. The molecule has 1 rings (SSSR count). The van der Waals surface area contributed by atoms with Gasteiger partial charge >= 0.3 is 0 Å². The molecular weight excluding hydrogens is 210 g/mol.